The van der Waals surface area contributed by atoms with E-state index in [1.807, 2.05) is 0 Å². The highest BCUT2D eigenvalue weighted by atomic mass is 16.5. The maximum absolute atomic E-state index is 12.7. The van der Waals surface area contributed by atoms with E-state index in [9.17, 15) is 14.7 Å². The normalized spacial score (nSPS) is 19.3. The van der Waals surface area contributed by atoms with Gasteiger partial charge >= 0.3 is 0 Å². The lowest BCUT2D eigenvalue weighted by atomic mass is 9.89. The van der Waals surface area contributed by atoms with E-state index in [2.05, 4.69) is 0 Å². The number of allylic oxidation sites excluding steroid dienone is 8. The van der Waals surface area contributed by atoms with Crippen LogP contribution in [0.3, 0.4) is 0 Å². The van der Waals surface area contributed by atoms with Gasteiger partial charge in [0.1, 0.15) is 0 Å². The molecule has 6 nitrogen and oxygen atoms in total. The molecule has 6 heteroatoms. The third-order valence-electron chi connectivity index (χ3n) is 4.26. The number of phenolic OH excluding ortho intramolecular Hbond substituents is 1. The van der Waals surface area contributed by atoms with Crippen LogP contribution in [0.5, 0.6) is 11.5 Å². The molecule has 0 radical (unpaired) electrons. The summed E-state index contributed by atoms with van der Waals surface area (Å²) in [6.45, 7) is 0. The minimum atomic E-state index is -0.290. The molecule has 138 valence electrons. The van der Waals surface area contributed by atoms with Crippen LogP contribution in [0.25, 0.3) is 5.57 Å². The molecule has 1 aromatic rings. The van der Waals surface area contributed by atoms with Gasteiger partial charge in [0, 0.05) is 5.57 Å². The molecule has 0 saturated heterocycles. The van der Waals surface area contributed by atoms with Gasteiger partial charge in [0.2, 0.25) is 11.6 Å². The summed E-state index contributed by atoms with van der Waals surface area (Å²) in [4.78, 5) is 24.5. The summed E-state index contributed by atoms with van der Waals surface area (Å²) < 4.78 is 15.5. The summed E-state index contributed by atoms with van der Waals surface area (Å²) in [5, 5.41) is 9.80. The van der Waals surface area contributed by atoms with E-state index in [0.717, 1.165) is 0 Å². The predicted octanol–water partition coefficient (Wildman–Crippen LogP) is 2.86. The minimum absolute atomic E-state index is 0.0208. The third-order valence-corrected chi connectivity index (χ3v) is 4.26. The van der Waals surface area contributed by atoms with Gasteiger partial charge in [0.05, 0.1) is 21.3 Å². The lowest BCUT2D eigenvalue weighted by Crippen LogP contribution is -2.13. The molecule has 0 unspecified atom stereocenters. The third kappa shape index (κ3) is 3.42. The van der Waals surface area contributed by atoms with Crippen molar-refractivity contribution in [3.63, 3.8) is 0 Å². The average molecular weight is 366 g/mol. The Hall–Kier alpha value is -3.54. The molecule has 3 rings (SSSR count). The molecule has 0 aromatic heterocycles. The van der Waals surface area contributed by atoms with E-state index in [1.165, 1.54) is 33.5 Å². The van der Waals surface area contributed by atoms with Crippen molar-refractivity contribution in [3.05, 3.63) is 76.8 Å². The quantitative estimate of drug-likeness (QED) is 0.882. The molecule has 1 N–H and O–H groups in total. The number of ether oxygens (including phenoxy) is 3. The molecule has 2 aliphatic rings. The Labute approximate surface area is 156 Å². The number of benzene rings is 1. The maximum Gasteiger partial charge on any atom is 0.228 e. The molecular weight excluding hydrogens is 348 g/mol. The summed E-state index contributed by atoms with van der Waals surface area (Å²) in [6, 6.07) is 4.66. The van der Waals surface area contributed by atoms with Crippen molar-refractivity contribution in [2.24, 2.45) is 0 Å². The van der Waals surface area contributed by atoms with Crippen LogP contribution in [0.1, 0.15) is 5.56 Å². The molecule has 2 aliphatic carbocycles. The Bertz CT molecular complexity index is 972. The van der Waals surface area contributed by atoms with Crippen molar-refractivity contribution in [1.29, 1.82) is 0 Å². The summed E-state index contributed by atoms with van der Waals surface area (Å²) >= 11 is 0. The molecule has 0 amide bonds. The van der Waals surface area contributed by atoms with Gasteiger partial charge in [-0.1, -0.05) is 12.1 Å². The molecule has 0 spiro atoms. The largest absolute Gasteiger partial charge is 0.504 e. The van der Waals surface area contributed by atoms with Gasteiger partial charge in [-0.3, -0.25) is 9.59 Å². The number of phenols is 1. The molecule has 0 fully saturated rings. The average Bonchev–Trinajstić information content (AvgIpc) is 2.69. The summed E-state index contributed by atoms with van der Waals surface area (Å²) in [6.07, 6.45) is 8.00. The standard InChI is InChI=1S/C21H18O6/c1-25-18-9-12(4-6-16(18)22)14-8-15(21(24)20(11-14)27-3)13-5-7-17(23)19(10-13)26-2/h4-11,23H,1-3H3/b14-12-. The predicted molar refractivity (Wildman–Crippen MR) is 99.0 cm³/mol. The fourth-order valence-corrected chi connectivity index (χ4v) is 2.83. The van der Waals surface area contributed by atoms with Crippen molar-refractivity contribution in [3.8, 4) is 11.5 Å². The second-order valence-electron chi connectivity index (χ2n) is 5.81. The van der Waals surface area contributed by atoms with E-state index < -0.39 is 0 Å². The number of rotatable bonds is 4. The Kier molecular flexibility index (Phi) is 4.98. The SMILES string of the molecule is COC1=C/C(=C2\C=C(OC)C(=O)C(c3ccc(O)c(OC)c3)=C2)C=CC1=O. The highest BCUT2D eigenvalue weighted by molar-refractivity contribution is 6.29. The van der Waals surface area contributed by atoms with Crippen LogP contribution in [-0.4, -0.2) is 38.0 Å². The molecule has 0 bridgehead atoms. The van der Waals surface area contributed by atoms with Crippen molar-refractivity contribution in [2.45, 2.75) is 0 Å². The van der Waals surface area contributed by atoms with Gasteiger partial charge < -0.3 is 19.3 Å². The van der Waals surface area contributed by atoms with E-state index in [1.54, 1.807) is 36.4 Å². The number of aromatic hydroxyl groups is 1. The highest BCUT2D eigenvalue weighted by Gasteiger charge is 2.25. The first-order chi connectivity index (χ1) is 13.0. The molecule has 27 heavy (non-hydrogen) atoms. The van der Waals surface area contributed by atoms with Crippen LogP contribution in [0, 0.1) is 0 Å². The minimum Gasteiger partial charge on any atom is -0.504 e. The van der Waals surface area contributed by atoms with Crippen LogP contribution in [0.4, 0.5) is 0 Å². The summed E-state index contributed by atoms with van der Waals surface area (Å²) in [5.74, 6) is 0.102. The fraction of sp³-hybridized carbons (Fsp3) is 0.143. The van der Waals surface area contributed by atoms with Gasteiger partial charge in [-0.25, -0.2) is 0 Å². The van der Waals surface area contributed by atoms with Crippen molar-refractivity contribution in [1.82, 2.24) is 0 Å². The molecule has 0 saturated carbocycles. The number of hydrogen-bond donors (Lipinski definition) is 1. The monoisotopic (exact) mass is 366 g/mol. The molecular formula is C21H18O6. The number of hydrogen-bond acceptors (Lipinski definition) is 6. The van der Waals surface area contributed by atoms with E-state index in [-0.39, 0.29) is 34.6 Å². The van der Waals surface area contributed by atoms with Gasteiger partial charge in [-0.05, 0) is 53.1 Å². The molecule has 0 atom stereocenters. The number of methoxy groups -OCH3 is 3. The number of Topliss-reactive ketones (excluding diaryl/α,β-unsaturated/α-hetero) is 1. The van der Waals surface area contributed by atoms with Crippen LogP contribution >= 0.6 is 0 Å². The van der Waals surface area contributed by atoms with Crippen molar-refractivity contribution >= 4 is 17.1 Å². The Morgan fingerprint density at radius 3 is 2.19 bits per heavy atom. The topological polar surface area (TPSA) is 82.1 Å². The van der Waals surface area contributed by atoms with Crippen LogP contribution < -0.4 is 4.74 Å². The molecule has 1 aromatic carbocycles. The van der Waals surface area contributed by atoms with Crippen LogP contribution in [0.2, 0.25) is 0 Å². The van der Waals surface area contributed by atoms with Gasteiger partial charge in [0.25, 0.3) is 0 Å². The Morgan fingerprint density at radius 1 is 0.815 bits per heavy atom. The smallest absolute Gasteiger partial charge is 0.228 e. The van der Waals surface area contributed by atoms with E-state index in [0.29, 0.717) is 22.3 Å². The Balaban J connectivity index is 2.16. The van der Waals surface area contributed by atoms with Crippen LogP contribution in [-0.2, 0) is 19.1 Å². The summed E-state index contributed by atoms with van der Waals surface area (Å²) in [5.41, 5.74) is 2.35. The lowest BCUT2D eigenvalue weighted by Gasteiger charge is -2.18. The van der Waals surface area contributed by atoms with Crippen molar-refractivity contribution in [2.75, 3.05) is 21.3 Å². The number of carbonyl (C=O) groups is 2. The van der Waals surface area contributed by atoms with Crippen LogP contribution in [0.15, 0.2) is 71.2 Å². The fourth-order valence-electron chi connectivity index (χ4n) is 2.83. The molecule has 0 heterocycles. The Morgan fingerprint density at radius 2 is 1.52 bits per heavy atom. The maximum atomic E-state index is 12.7. The van der Waals surface area contributed by atoms with Gasteiger partial charge in [-0.2, -0.15) is 0 Å². The zero-order valence-electron chi connectivity index (χ0n) is 15.1. The van der Waals surface area contributed by atoms with E-state index in [4.69, 9.17) is 14.2 Å². The first-order valence-corrected chi connectivity index (χ1v) is 8.10. The van der Waals surface area contributed by atoms with Gasteiger partial charge in [-0.15, -0.1) is 0 Å². The zero-order chi connectivity index (χ0) is 19.6. The van der Waals surface area contributed by atoms with Crippen molar-refractivity contribution < 1.29 is 28.9 Å². The first kappa shape index (κ1) is 18.3. The van der Waals surface area contributed by atoms with Gasteiger partial charge in [0.15, 0.2) is 23.0 Å². The highest BCUT2D eigenvalue weighted by Crippen LogP contribution is 2.34. The number of carbonyl (C=O) groups excluding carboxylic acids is 2. The number of ketones is 2. The lowest BCUT2D eigenvalue weighted by molar-refractivity contribution is -0.114. The zero-order valence-corrected chi connectivity index (χ0v) is 15.1. The second-order valence-corrected chi connectivity index (χ2v) is 5.81. The second kappa shape index (κ2) is 7.37. The first-order valence-electron chi connectivity index (χ1n) is 8.10. The van der Waals surface area contributed by atoms with E-state index >= 15 is 0 Å². The summed E-state index contributed by atoms with van der Waals surface area (Å²) in [7, 11) is 4.28. The molecule has 0 aliphatic heterocycles.